The van der Waals surface area contributed by atoms with E-state index in [0.29, 0.717) is 29.8 Å². The van der Waals surface area contributed by atoms with Gasteiger partial charge in [-0.05, 0) is 51.0 Å². The smallest absolute Gasteiger partial charge is 0.328 e. The molecule has 1 aromatic rings. The second-order valence-corrected chi connectivity index (χ2v) is 8.14. The van der Waals surface area contributed by atoms with Gasteiger partial charge in [-0.15, -0.1) is 0 Å². The van der Waals surface area contributed by atoms with E-state index < -0.39 is 27.4 Å². The van der Waals surface area contributed by atoms with Gasteiger partial charge in [0.15, 0.2) is 0 Å². The number of aryl methyl sites for hydroxylation is 1. The minimum Gasteiger partial charge on any atom is -0.480 e. The van der Waals surface area contributed by atoms with E-state index in [-0.39, 0.29) is 5.75 Å². The van der Waals surface area contributed by atoms with Gasteiger partial charge in [0.2, 0.25) is 10.0 Å². The van der Waals surface area contributed by atoms with Crippen LogP contribution in [-0.2, 0) is 14.8 Å². The number of rotatable bonds is 4. The molecule has 126 valence electrons. The number of anilines is 1. The molecule has 1 heterocycles. The molecule has 1 amide bonds. The van der Waals surface area contributed by atoms with Gasteiger partial charge < -0.3 is 10.4 Å². The van der Waals surface area contributed by atoms with Gasteiger partial charge >= 0.3 is 5.97 Å². The molecule has 8 heteroatoms. The lowest BCUT2D eigenvalue weighted by Gasteiger charge is -2.22. The molecular formula is C15H20N2O5S. The number of sulfonamides is 1. The predicted octanol–water partition coefficient (Wildman–Crippen LogP) is 1.13. The van der Waals surface area contributed by atoms with Crippen molar-refractivity contribution in [3.63, 3.8) is 0 Å². The van der Waals surface area contributed by atoms with Gasteiger partial charge in [0.25, 0.3) is 5.91 Å². The number of benzene rings is 1. The molecule has 1 aliphatic heterocycles. The Morgan fingerprint density at radius 2 is 1.96 bits per heavy atom. The minimum absolute atomic E-state index is 0.126. The van der Waals surface area contributed by atoms with Gasteiger partial charge in [-0.25, -0.2) is 13.2 Å². The Hall–Kier alpha value is -2.09. The number of carbonyl (C=O) groups excluding carboxylic acids is 1. The highest BCUT2D eigenvalue weighted by atomic mass is 32.2. The van der Waals surface area contributed by atoms with Crippen LogP contribution in [0, 0.1) is 6.92 Å². The van der Waals surface area contributed by atoms with Crippen LogP contribution in [0.5, 0.6) is 0 Å². The summed E-state index contributed by atoms with van der Waals surface area (Å²) in [5.41, 5.74) is 0.0394. The Labute approximate surface area is 135 Å². The maximum Gasteiger partial charge on any atom is 0.328 e. The number of nitrogens with one attached hydrogen (secondary N) is 1. The van der Waals surface area contributed by atoms with Gasteiger partial charge in [0.05, 0.1) is 11.4 Å². The summed E-state index contributed by atoms with van der Waals surface area (Å²) >= 11 is 0. The molecule has 0 spiro atoms. The van der Waals surface area contributed by atoms with E-state index in [1.54, 1.807) is 19.1 Å². The highest BCUT2D eigenvalue weighted by Gasteiger charge is 2.31. The SMILES string of the molecule is Cc1cc(N2CCCS2(=O)=O)ccc1C(=O)NC(C)(C)C(=O)O. The second kappa shape index (κ2) is 5.84. The van der Waals surface area contributed by atoms with Crippen molar-refractivity contribution in [1.29, 1.82) is 0 Å². The van der Waals surface area contributed by atoms with Crippen molar-refractivity contribution in [3.05, 3.63) is 29.3 Å². The third-order valence-electron chi connectivity index (χ3n) is 3.80. The van der Waals surface area contributed by atoms with E-state index in [9.17, 15) is 18.0 Å². The zero-order valence-electron chi connectivity index (χ0n) is 13.3. The number of amides is 1. The average molecular weight is 340 g/mol. The standard InChI is InChI=1S/C15H20N2O5S/c1-10-9-11(17-7-4-8-23(17,21)22)5-6-12(10)13(18)16-15(2,3)14(19)20/h5-6,9H,4,7-8H2,1-3H3,(H,16,18)(H,19,20). The molecule has 0 radical (unpaired) electrons. The Morgan fingerprint density at radius 3 is 2.43 bits per heavy atom. The zero-order chi connectivity index (χ0) is 17.4. The molecule has 1 saturated heterocycles. The van der Waals surface area contributed by atoms with E-state index in [2.05, 4.69) is 5.32 Å². The van der Waals surface area contributed by atoms with Crippen LogP contribution >= 0.6 is 0 Å². The van der Waals surface area contributed by atoms with Gasteiger partial charge in [-0.2, -0.15) is 0 Å². The maximum atomic E-state index is 12.2. The quantitative estimate of drug-likeness (QED) is 0.855. The maximum absolute atomic E-state index is 12.2. The number of carboxylic acids is 1. The van der Waals surface area contributed by atoms with Crippen LogP contribution in [0.1, 0.15) is 36.2 Å². The molecule has 23 heavy (non-hydrogen) atoms. The summed E-state index contributed by atoms with van der Waals surface area (Å²) in [5, 5.41) is 11.5. The largest absolute Gasteiger partial charge is 0.480 e. The van der Waals surface area contributed by atoms with Crippen LogP contribution in [0.15, 0.2) is 18.2 Å². The van der Waals surface area contributed by atoms with E-state index in [1.807, 2.05) is 0 Å². The topological polar surface area (TPSA) is 104 Å². The highest BCUT2D eigenvalue weighted by molar-refractivity contribution is 7.93. The summed E-state index contributed by atoms with van der Waals surface area (Å²) < 4.78 is 25.2. The van der Waals surface area contributed by atoms with Crippen LogP contribution in [0.3, 0.4) is 0 Å². The fourth-order valence-corrected chi connectivity index (χ4v) is 3.95. The van der Waals surface area contributed by atoms with Crippen LogP contribution in [0.25, 0.3) is 0 Å². The number of carboxylic acid groups (broad SMARTS) is 1. The molecule has 0 unspecified atom stereocenters. The molecule has 2 N–H and O–H groups in total. The van der Waals surface area contributed by atoms with Crippen LogP contribution < -0.4 is 9.62 Å². The molecular weight excluding hydrogens is 320 g/mol. The van der Waals surface area contributed by atoms with Crippen molar-refractivity contribution < 1.29 is 23.1 Å². The summed E-state index contributed by atoms with van der Waals surface area (Å²) in [6.07, 6.45) is 0.580. The Bertz CT molecular complexity index is 755. The first kappa shape index (κ1) is 17.3. The van der Waals surface area contributed by atoms with E-state index in [0.717, 1.165) is 0 Å². The molecule has 1 aromatic carbocycles. The number of aliphatic carboxylic acids is 1. The van der Waals surface area contributed by atoms with Crippen LogP contribution in [0.2, 0.25) is 0 Å². The third-order valence-corrected chi connectivity index (χ3v) is 5.67. The molecule has 2 rings (SSSR count). The van der Waals surface area contributed by atoms with E-state index in [4.69, 9.17) is 5.11 Å². The van der Waals surface area contributed by atoms with Gasteiger partial charge in [0.1, 0.15) is 5.54 Å². The Morgan fingerprint density at radius 1 is 1.30 bits per heavy atom. The Balaban J connectivity index is 2.27. The summed E-state index contributed by atoms with van der Waals surface area (Å²) in [6.45, 7) is 4.91. The summed E-state index contributed by atoms with van der Waals surface area (Å²) in [7, 11) is -3.27. The minimum atomic E-state index is -3.27. The monoisotopic (exact) mass is 340 g/mol. The fraction of sp³-hybridized carbons (Fsp3) is 0.467. The molecule has 1 fully saturated rings. The highest BCUT2D eigenvalue weighted by Crippen LogP contribution is 2.26. The first-order valence-corrected chi connectivity index (χ1v) is 8.82. The lowest BCUT2D eigenvalue weighted by atomic mass is 10.0. The van der Waals surface area contributed by atoms with E-state index >= 15 is 0 Å². The number of nitrogens with zero attached hydrogens (tertiary/aromatic N) is 1. The van der Waals surface area contributed by atoms with Crippen molar-refractivity contribution in [2.24, 2.45) is 0 Å². The molecule has 1 aliphatic rings. The van der Waals surface area contributed by atoms with Crippen molar-refractivity contribution in [2.45, 2.75) is 32.7 Å². The summed E-state index contributed by atoms with van der Waals surface area (Å²) in [5.74, 6) is -1.52. The lowest BCUT2D eigenvalue weighted by molar-refractivity contribution is -0.143. The molecule has 0 saturated carbocycles. The van der Waals surface area contributed by atoms with Crippen LogP contribution in [-0.4, -0.2) is 43.2 Å². The predicted molar refractivity (Wildman–Crippen MR) is 86.1 cm³/mol. The van der Waals surface area contributed by atoms with Gasteiger partial charge in [-0.1, -0.05) is 0 Å². The normalized spacial score (nSPS) is 17.1. The second-order valence-electron chi connectivity index (χ2n) is 6.13. The zero-order valence-corrected chi connectivity index (χ0v) is 14.1. The first-order chi connectivity index (χ1) is 10.5. The van der Waals surface area contributed by atoms with Gasteiger partial charge in [-0.3, -0.25) is 9.10 Å². The molecule has 0 bridgehead atoms. The molecule has 7 nitrogen and oxygen atoms in total. The molecule has 0 aliphatic carbocycles. The lowest BCUT2D eigenvalue weighted by Crippen LogP contribution is -2.49. The summed E-state index contributed by atoms with van der Waals surface area (Å²) in [4.78, 5) is 23.3. The third kappa shape index (κ3) is 3.47. The first-order valence-electron chi connectivity index (χ1n) is 7.21. The van der Waals surface area contributed by atoms with Crippen molar-refractivity contribution >= 4 is 27.6 Å². The number of hydrogen-bond donors (Lipinski definition) is 2. The number of hydrogen-bond acceptors (Lipinski definition) is 4. The van der Waals surface area contributed by atoms with Gasteiger partial charge in [0, 0.05) is 12.1 Å². The van der Waals surface area contributed by atoms with E-state index in [1.165, 1.54) is 24.2 Å². The van der Waals surface area contributed by atoms with Crippen molar-refractivity contribution in [3.8, 4) is 0 Å². The fourth-order valence-electron chi connectivity index (χ4n) is 2.39. The van der Waals surface area contributed by atoms with Crippen molar-refractivity contribution in [2.75, 3.05) is 16.6 Å². The number of carbonyl (C=O) groups is 2. The van der Waals surface area contributed by atoms with Crippen LogP contribution in [0.4, 0.5) is 5.69 Å². The molecule has 0 aromatic heterocycles. The van der Waals surface area contributed by atoms with Crippen molar-refractivity contribution in [1.82, 2.24) is 5.32 Å². The average Bonchev–Trinajstić information content (AvgIpc) is 2.77. The Kier molecular flexibility index (Phi) is 4.39. The summed E-state index contributed by atoms with van der Waals surface area (Å²) in [6, 6.07) is 4.72. The molecule has 0 atom stereocenters.